The molecule has 2 aromatic carbocycles. The number of amides is 1. The van der Waals surface area contributed by atoms with E-state index in [2.05, 4.69) is 5.32 Å². The van der Waals surface area contributed by atoms with Crippen LogP contribution in [0.4, 0.5) is 10.1 Å². The number of hydrogen-bond acceptors (Lipinski definition) is 5. The molecule has 0 saturated heterocycles. The van der Waals surface area contributed by atoms with Gasteiger partial charge in [0.2, 0.25) is 5.91 Å². The van der Waals surface area contributed by atoms with Crippen molar-refractivity contribution in [3.8, 4) is 5.75 Å². The summed E-state index contributed by atoms with van der Waals surface area (Å²) in [5.74, 6) is -0.388. The van der Waals surface area contributed by atoms with E-state index >= 15 is 0 Å². The molecule has 0 fully saturated rings. The lowest BCUT2D eigenvalue weighted by atomic mass is 10.3. The second-order valence-corrected chi connectivity index (χ2v) is 8.76. The number of rotatable bonds is 11. The van der Waals surface area contributed by atoms with Crippen molar-refractivity contribution in [3.63, 3.8) is 0 Å². The van der Waals surface area contributed by atoms with Crippen molar-refractivity contribution < 1.29 is 22.3 Å². The van der Waals surface area contributed by atoms with E-state index in [1.54, 1.807) is 12.1 Å². The molecule has 0 aliphatic rings. The van der Waals surface area contributed by atoms with Gasteiger partial charge in [-0.25, -0.2) is 12.8 Å². The highest BCUT2D eigenvalue weighted by atomic mass is 32.2. The van der Waals surface area contributed by atoms with Gasteiger partial charge in [-0.1, -0.05) is 0 Å². The number of nitrogens with one attached hydrogen (secondary N) is 1. The summed E-state index contributed by atoms with van der Waals surface area (Å²) in [4.78, 5) is 14.4. The largest absolute Gasteiger partial charge is 0.494 e. The van der Waals surface area contributed by atoms with Crippen LogP contribution in [-0.2, 0) is 14.8 Å². The molecule has 0 aliphatic carbocycles. The molecular weight excluding hydrogens is 409 g/mol. The first kappa shape index (κ1) is 23.6. The Balaban J connectivity index is 2.24. The number of carbonyl (C=O) groups is 1. The minimum absolute atomic E-state index is 0.00989. The topological polar surface area (TPSA) is 79.0 Å². The second-order valence-electron chi connectivity index (χ2n) is 6.90. The maximum Gasteiger partial charge on any atom is 0.264 e. The third kappa shape index (κ3) is 6.70. The molecule has 0 heterocycles. The smallest absolute Gasteiger partial charge is 0.264 e. The first-order valence-electron chi connectivity index (χ1n) is 9.66. The van der Waals surface area contributed by atoms with Crippen molar-refractivity contribution in [2.24, 2.45) is 0 Å². The van der Waals surface area contributed by atoms with Crippen LogP contribution >= 0.6 is 0 Å². The first-order chi connectivity index (χ1) is 14.2. The molecule has 0 aromatic heterocycles. The molecular formula is C21H28FN3O4S. The van der Waals surface area contributed by atoms with Gasteiger partial charge in [0.25, 0.3) is 10.0 Å². The third-order valence-corrected chi connectivity index (χ3v) is 6.02. The molecule has 0 saturated carbocycles. The normalized spacial score (nSPS) is 11.4. The van der Waals surface area contributed by atoms with Gasteiger partial charge in [-0.2, -0.15) is 0 Å². The number of carbonyl (C=O) groups excluding carboxylic acids is 1. The number of ether oxygens (including phenoxy) is 1. The molecule has 0 bridgehead atoms. The molecule has 1 N–H and O–H groups in total. The highest BCUT2D eigenvalue weighted by molar-refractivity contribution is 7.92. The highest BCUT2D eigenvalue weighted by Crippen LogP contribution is 2.25. The zero-order chi connectivity index (χ0) is 22.1. The average Bonchev–Trinajstić information content (AvgIpc) is 2.71. The van der Waals surface area contributed by atoms with Crippen LogP contribution in [0.3, 0.4) is 0 Å². The Hall–Kier alpha value is -2.65. The Morgan fingerprint density at radius 3 is 2.27 bits per heavy atom. The van der Waals surface area contributed by atoms with Gasteiger partial charge in [0.1, 0.15) is 18.1 Å². The fourth-order valence-corrected chi connectivity index (χ4v) is 4.15. The molecule has 0 atom stereocenters. The van der Waals surface area contributed by atoms with E-state index in [0.717, 1.165) is 29.4 Å². The third-order valence-electron chi connectivity index (χ3n) is 4.23. The maximum absolute atomic E-state index is 13.4. The van der Waals surface area contributed by atoms with Gasteiger partial charge in [0.15, 0.2) is 0 Å². The number of benzene rings is 2. The Kier molecular flexibility index (Phi) is 8.61. The van der Waals surface area contributed by atoms with Crippen molar-refractivity contribution in [3.05, 3.63) is 54.3 Å². The van der Waals surface area contributed by atoms with Gasteiger partial charge in [-0.3, -0.25) is 9.10 Å². The van der Waals surface area contributed by atoms with Crippen LogP contribution in [0.1, 0.15) is 13.3 Å². The van der Waals surface area contributed by atoms with Crippen LogP contribution in [0.25, 0.3) is 0 Å². The number of hydrogen-bond donors (Lipinski definition) is 1. The molecule has 1 amide bonds. The van der Waals surface area contributed by atoms with Gasteiger partial charge < -0.3 is 15.0 Å². The fraction of sp³-hybridized carbons (Fsp3) is 0.381. The lowest BCUT2D eigenvalue weighted by molar-refractivity contribution is -0.119. The monoisotopic (exact) mass is 437 g/mol. The summed E-state index contributed by atoms with van der Waals surface area (Å²) in [7, 11) is -0.187. The Bertz CT molecular complexity index is 916. The van der Waals surface area contributed by atoms with E-state index < -0.39 is 28.3 Å². The zero-order valence-corrected chi connectivity index (χ0v) is 18.3. The first-order valence-corrected chi connectivity index (χ1v) is 11.1. The predicted octanol–water partition coefficient (Wildman–Crippen LogP) is 2.49. The van der Waals surface area contributed by atoms with E-state index in [1.165, 1.54) is 24.3 Å². The summed E-state index contributed by atoms with van der Waals surface area (Å²) in [5, 5.41) is 2.73. The standard InChI is InChI=1S/C21H28FN3O4S/c1-4-29-19-10-12-20(13-11-19)30(27,28)25(18-8-6-17(22)7-9-18)16-21(26)23-14-5-15-24(2)3/h6-13H,4-5,14-16H2,1-3H3,(H,23,26). The number of nitrogens with zero attached hydrogens (tertiary/aromatic N) is 2. The molecule has 0 unspecified atom stereocenters. The van der Waals surface area contributed by atoms with E-state index in [4.69, 9.17) is 4.74 Å². The minimum Gasteiger partial charge on any atom is -0.494 e. The van der Waals surface area contributed by atoms with Crippen LogP contribution in [0, 0.1) is 5.82 Å². The zero-order valence-electron chi connectivity index (χ0n) is 17.5. The van der Waals surface area contributed by atoms with Crippen molar-refractivity contribution >= 4 is 21.6 Å². The van der Waals surface area contributed by atoms with E-state index in [0.29, 0.717) is 18.9 Å². The Morgan fingerprint density at radius 2 is 1.70 bits per heavy atom. The van der Waals surface area contributed by atoms with Crippen molar-refractivity contribution in [1.82, 2.24) is 10.2 Å². The van der Waals surface area contributed by atoms with Crippen LogP contribution in [-0.4, -0.2) is 59.6 Å². The Labute approximate surface area is 177 Å². The fourth-order valence-electron chi connectivity index (χ4n) is 2.73. The lowest BCUT2D eigenvalue weighted by Crippen LogP contribution is -2.41. The molecule has 7 nitrogen and oxygen atoms in total. The van der Waals surface area contributed by atoms with Crippen LogP contribution in [0.2, 0.25) is 0 Å². The van der Waals surface area contributed by atoms with Crippen molar-refractivity contribution in [2.75, 3.05) is 44.6 Å². The molecule has 164 valence electrons. The quantitative estimate of drug-likeness (QED) is 0.547. The molecule has 30 heavy (non-hydrogen) atoms. The van der Waals surface area contributed by atoms with E-state index in [1.807, 2.05) is 25.9 Å². The molecule has 2 rings (SSSR count). The van der Waals surface area contributed by atoms with Gasteiger partial charge in [0, 0.05) is 6.54 Å². The van der Waals surface area contributed by atoms with Gasteiger partial charge >= 0.3 is 0 Å². The van der Waals surface area contributed by atoms with Crippen molar-refractivity contribution in [1.29, 1.82) is 0 Å². The number of halogens is 1. The van der Waals surface area contributed by atoms with Crippen LogP contribution in [0.5, 0.6) is 5.75 Å². The highest BCUT2D eigenvalue weighted by Gasteiger charge is 2.27. The summed E-state index contributed by atoms with van der Waals surface area (Å²) in [6.45, 7) is 3.10. The predicted molar refractivity (Wildman–Crippen MR) is 115 cm³/mol. The Morgan fingerprint density at radius 1 is 1.07 bits per heavy atom. The van der Waals surface area contributed by atoms with E-state index in [9.17, 15) is 17.6 Å². The summed E-state index contributed by atoms with van der Waals surface area (Å²) in [6, 6.07) is 10.9. The average molecular weight is 438 g/mol. The summed E-state index contributed by atoms with van der Waals surface area (Å²) in [5.41, 5.74) is 0.203. The number of sulfonamides is 1. The molecule has 0 aliphatic heterocycles. The lowest BCUT2D eigenvalue weighted by Gasteiger charge is -2.24. The minimum atomic E-state index is -4.05. The summed E-state index contributed by atoms with van der Waals surface area (Å²) >= 11 is 0. The summed E-state index contributed by atoms with van der Waals surface area (Å²) < 4.78 is 46.2. The second kappa shape index (κ2) is 10.9. The summed E-state index contributed by atoms with van der Waals surface area (Å²) in [6.07, 6.45) is 0.737. The SMILES string of the molecule is CCOc1ccc(S(=O)(=O)N(CC(=O)NCCCN(C)C)c2ccc(F)cc2)cc1. The molecule has 0 spiro atoms. The van der Waals surface area contributed by atoms with Crippen molar-refractivity contribution in [2.45, 2.75) is 18.2 Å². The molecule has 9 heteroatoms. The van der Waals surface area contributed by atoms with Gasteiger partial charge in [-0.15, -0.1) is 0 Å². The van der Waals surface area contributed by atoms with Crippen LogP contribution in [0.15, 0.2) is 53.4 Å². The van der Waals surface area contributed by atoms with E-state index in [-0.39, 0.29) is 10.6 Å². The van der Waals surface area contributed by atoms with Gasteiger partial charge in [0.05, 0.1) is 17.2 Å². The van der Waals surface area contributed by atoms with Gasteiger partial charge in [-0.05, 0) is 82.5 Å². The maximum atomic E-state index is 13.4. The van der Waals surface area contributed by atoms with Crippen LogP contribution < -0.4 is 14.4 Å². The molecule has 2 aromatic rings. The number of anilines is 1. The molecule has 0 radical (unpaired) electrons.